The van der Waals surface area contributed by atoms with Crippen LogP contribution >= 0.6 is 39.3 Å². The molecule has 0 heterocycles. The van der Waals surface area contributed by atoms with Crippen molar-refractivity contribution in [3.8, 4) is 0 Å². The molecule has 116 valence electrons. The van der Waals surface area contributed by atoms with Crippen LogP contribution in [0.2, 0.25) is 5.02 Å². The number of hydrogen-bond acceptors (Lipinski definition) is 1. The van der Waals surface area contributed by atoms with Gasteiger partial charge < -0.3 is 0 Å². The molecule has 0 nitrogen and oxygen atoms in total. The topological polar surface area (TPSA) is 0 Å². The lowest BCUT2D eigenvalue weighted by atomic mass is 10.1. The average Bonchev–Trinajstić information content (AvgIpc) is 2.48. The third kappa shape index (κ3) is 4.54. The minimum absolute atomic E-state index is 0.106. The summed E-state index contributed by atoms with van der Waals surface area (Å²) in [5.74, 6) is 0. The third-order valence-electron chi connectivity index (χ3n) is 2.80. The Morgan fingerprint density at radius 2 is 1.59 bits per heavy atom. The van der Waals surface area contributed by atoms with Gasteiger partial charge in [0.2, 0.25) is 0 Å². The molecule has 0 amide bonds. The lowest BCUT2D eigenvalue weighted by Crippen LogP contribution is -2.13. The van der Waals surface area contributed by atoms with E-state index in [1.807, 2.05) is 6.07 Å². The maximum atomic E-state index is 13.5. The minimum Gasteiger partial charge on any atom is -0.166 e. The molecule has 6 heteroatoms. The molecule has 2 rings (SSSR count). The van der Waals surface area contributed by atoms with E-state index in [0.717, 1.165) is 16.7 Å². The molecule has 0 fully saturated rings. The predicted molar refractivity (Wildman–Crippen MR) is 90.5 cm³/mol. The Bertz CT molecular complexity index is 651. The van der Waals surface area contributed by atoms with Gasteiger partial charge in [-0.2, -0.15) is 13.2 Å². The maximum absolute atomic E-state index is 13.5. The average molecular weight is 408 g/mol. The highest BCUT2D eigenvalue weighted by Crippen LogP contribution is 2.42. The van der Waals surface area contributed by atoms with Gasteiger partial charge in [0.25, 0.3) is 0 Å². The summed E-state index contributed by atoms with van der Waals surface area (Å²) in [5.41, 5.74) is -0.537. The van der Waals surface area contributed by atoms with E-state index in [-0.39, 0.29) is 15.8 Å². The van der Waals surface area contributed by atoms with Crippen molar-refractivity contribution in [3.05, 3.63) is 70.1 Å². The van der Waals surface area contributed by atoms with Crippen LogP contribution in [0.15, 0.2) is 64.4 Å². The van der Waals surface area contributed by atoms with Crippen molar-refractivity contribution in [2.75, 3.05) is 5.33 Å². The van der Waals surface area contributed by atoms with Crippen LogP contribution in [0.5, 0.6) is 0 Å². The molecule has 0 N–H and O–H groups in total. The van der Waals surface area contributed by atoms with Gasteiger partial charge in [-0.15, -0.1) is 0 Å². The quantitative estimate of drug-likeness (QED) is 0.397. The molecule has 0 aromatic heterocycles. The van der Waals surface area contributed by atoms with Gasteiger partial charge >= 0.3 is 6.18 Å². The first-order chi connectivity index (χ1) is 10.4. The van der Waals surface area contributed by atoms with Gasteiger partial charge in [0.15, 0.2) is 0 Å². The lowest BCUT2D eigenvalue weighted by molar-refractivity contribution is -0.0691. The van der Waals surface area contributed by atoms with Crippen LogP contribution in [0.1, 0.15) is 5.56 Å². The van der Waals surface area contributed by atoms with E-state index in [9.17, 15) is 13.2 Å². The Hall–Kier alpha value is -0.910. The fraction of sp³-hybridized carbons (Fsp3) is 0.125. The van der Waals surface area contributed by atoms with Crippen molar-refractivity contribution >= 4 is 44.9 Å². The van der Waals surface area contributed by atoms with Crippen LogP contribution in [0.25, 0.3) is 5.57 Å². The van der Waals surface area contributed by atoms with Gasteiger partial charge in [0, 0.05) is 20.2 Å². The van der Waals surface area contributed by atoms with Gasteiger partial charge in [-0.05, 0) is 29.8 Å². The molecule has 0 unspecified atom stereocenters. The molecule has 22 heavy (non-hydrogen) atoms. The number of alkyl halides is 4. The predicted octanol–water partition coefficient (Wildman–Crippen LogP) is 6.80. The molecule has 2 aromatic carbocycles. The fourth-order valence-electron chi connectivity index (χ4n) is 1.88. The van der Waals surface area contributed by atoms with E-state index in [2.05, 4.69) is 15.9 Å². The Labute approximate surface area is 144 Å². The molecule has 0 atom stereocenters. The molecule has 0 saturated heterocycles. The summed E-state index contributed by atoms with van der Waals surface area (Å²) in [7, 11) is 0. The van der Waals surface area contributed by atoms with Crippen molar-refractivity contribution < 1.29 is 13.2 Å². The first-order valence-electron chi connectivity index (χ1n) is 6.27. The molecular weight excluding hydrogens is 397 g/mol. The van der Waals surface area contributed by atoms with E-state index < -0.39 is 11.7 Å². The van der Waals surface area contributed by atoms with Crippen LogP contribution in [0.4, 0.5) is 13.2 Å². The molecule has 0 aliphatic carbocycles. The van der Waals surface area contributed by atoms with Gasteiger partial charge in [0.1, 0.15) is 0 Å². The first-order valence-corrected chi connectivity index (χ1v) is 8.58. The van der Waals surface area contributed by atoms with Crippen molar-refractivity contribution in [3.63, 3.8) is 0 Å². The summed E-state index contributed by atoms with van der Waals surface area (Å²) in [6.45, 7) is 0. The summed E-state index contributed by atoms with van der Waals surface area (Å²) < 4.78 is 40.6. The van der Waals surface area contributed by atoms with Crippen molar-refractivity contribution in [1.29, 1.82) is 0 Å². The number of rotatable bonds is 4. The zero-order valence-corrected chi connectivity index (χ0v) is 14.4. The van der Waals surface area contributed by atoms with Crippen LogP contribution < -0.4 is 0 Å². The second-order valence-corrected chi connectivity index (χ2v) is 6.52. The van der Waals surface area contributed by atoms with E-state index in [0.29, 0.717) is 5.02 Å². The Kier molecular flexibility index (Phi) is 6.01. The van der Waals surface area contributed by atoms with Gasteiger partial charge in [0.05, 0.1) is 5.57 Å². The first kappa shape index (κ1) is 17.4. The zero-order chi connectivity index (χ0) is 16.2. The van der Waals surface area contributed by atoms with Crippen molar-refractivity contribution in [2.24, 2.45) is 0 Å². The highest BCUT2D eigenvalue weighted by atomic mass is 79.9. The maximum Gasteiger partial charge on any atom is 0.417 e. The van der Waals surface area contributed by atoms with E-state index in [4.69, 9.17) is 11.6 Å². The summed E-state index contributed by atoms with van der Waals surface area (Å²) in [4.78, 5) is 0.966. The molecule has 0 radical (unpaired) electrons. The second-order valence-electron chi connectivity index (χ2n) is 4.35. The van der Waals surface area contributed by atoms with Crippen LogP contribution in [0.3, 0.4) is 0 Å². The summed E-state index contributed by atoms with van der Waals surface area (Å²) in [5, 5.41) is 0.519. The number of halogens is 5. The van der Waals surface area contributed by atoms with Crippen LogP contribution in [-0.2, 0) is 0 Å². The van der Waals surface area contributed by atoms with Gasteiger partial charge in [-0.25, -0.2) is 0 Å². The zero-order valence-electron chi connectivity index (χ0n) is 11.2. The summed E-state index contributed by atoms with van der Waals surface area (Å²) in [6, 6.07) is 14.7. The smallest absolute Gasteiger partial charge is 0.166 e. The third-order valence-corrected chi connectivity index (χ3v) is 5.09. The summed E-state index contributed by atoms with van der Waals surface area (Å²) in [6.07, 6.45) is -4.45. The van der Waals surface area contributed by atoms with Crippen molar-refractivity contribution in [2.45, 2.75) is 11.1 Å². The highest BCUT2D eigenvalue weighted by molar-refractivity contribution is 9.09. The Balaban J connectivity index is 2.51. The van der Waals surface area contributed by atoms with E-state index in [1.54, 1.807) is 24.3 Å². The molecular formula is C16H11BrClF3S. The number of hydrogen-bond donors (Lipinski definition) is 0. The van der Waals surface area contributed by atoms with Crippen LogP contribution in [-0.4, -0.2) is 11.5 Å². The van der Waals surface area contributed by atoms with Gasteiger partial charge in [-0.3, -0.25) is 0 Å². The number of allylic oxidation sites excluding steroid dienone is 2. The summed E-state index contributed by atoms with van der Waals surface area (Å²) >= 11 is 10.0. The minimum atomic E-state index is -4.45. The molecule has 2 aromatic rings. The van der Waals surface area contributed by atoms with Gasteiger partial charge in [-0.1, -0.05) is 69.6 Å². The largest absolute Gasteiger partial charge is 0.417 e. The monoisotopic (exact) mass is 406 g/mol. The number of benzene rings is 2. The van der Waals surface area contributed by atoms with E-state index >= 15 is 0 Å². The molecule has 0 aliphatic heterocycles. The lowest BCUT2D eigenvalue weighted by Gasteiger charge is -2.17. The SMILES string of the molecule is FC(F)(F)/C(=C(/CBr)Sc1ccccc1)c1ccc(Cl)cc1. The number of thioether (sulfide) groups is 1. The second kappa shape index (κ2) is 7.57. The standard InChI is InChI=1S/C16H11BrClF3S/c17-10-14(22-13-4-2-1-3-5-13)15(16(19,20)21)11-6-8-12(18)9-7-11/h1-9H,10H2/b15-14-. The molecule has 0 spiro atoms. The van der Waals surface area contributed by atoms with E-state index in [1.165, 1.54) is 24.3 Å². The van der Waals surface area contributed by atoms with Crippen molar-refractivity contribution in [1.82, 2.24) is 0 Å². The molecule has 0 aliphatic rings. The van der Waals surface area contributed by atoms with Crippen LogP contribution in [0, 0.1) is 0 Å². The Morgan fingerprint density at radius 1 is 1.00 bits per heavy atom. The Morgan fingerprint density at radius 3 is 2.09 bits per heavy atom. The molecule has 0 saturated carbocycles. The normalized spacial score (nSPS) is 13.0. The molecule has 0 bridgehead atoms. The fourth-order valence-corrected chi connectivity index (χ4v) is 3.59. The highest BCUT2D eigenvalue weighted by Gasteiger charge is 2.37.